The Morgan fingerprint density at radius 2 is 2.04 bits per heavy atom. The Hall–Kier alpha value is -1.33. The van der Waals surface area contributed by atoms with Gasteiger partial charge in [-0.1, -0.05) is 0 Å². The molecule has 0 bridgehead atoms. The van der Waals surface area contributed by atoms with Gasteiger partial charge >= 0.3 is 15.5 Å². The summed E-state index contributed by atoms with van der Waals surface area (Å²) in [5.74, 6) is 0.740. The van der Waals surface area contributed by atoms with E-state index in [-0.39, 0.29) is 19.0 Å². The maximum absolute atomic E-state index is 12.6. The molecule has 0 spiro atoms. The summed E-state index contributed by atoms with van der Waals surface area (Å²) < 4.78 is 61.1. The first-order chi connectivity index (χ1) is 12.2. The zero-order valence-electron chi connectivity index (χ0n) is 14.4. The summed E-state index contributed by atoms with van der Waals surface area (Å²) in [5.41, 5.74) is -4.12. The van der Waals surface area contributed by atoms with Crippen molar-refractivity contribution in [3.63, 3.8) is 0 Å². The van der Waals surface area contributed by atoms with Gasteiger partial charge in [0, 0.05) is 26.2 Å². The molecule has 2 rings (SSSR count). The highest BCUT2D eigenvalue weighted by atomic mass is 32.2. The molecule has 11 heteroatoms. The van der Waals surface area contributed by atoms with Crippen molar-refractivity contribution >= 4 is 27.3 Å². The van der Waals surface area contributed by atoms with Crippen molar-refractivity contribution in [2.75, 3.05) is 26.2 Å². The number of rotatable bonds is 6. The monoisotopic (exact) mass is 412 g/mol. The molecule has 2 N–H and O–H groups in total. The fraction of sp³-hybridized carbons (Fsp3) is 0.667. The maximum Gasteiger partial charge on any atom is 0.511 e. The highest BCUT2D eigenvalue weighted by Crippen LogP contribution is 2.30. The van der Waals surface area contributed by atoms with Crippen LogP contribution in [0.1, 0.15) is 25.3 Å². The Morgan fingerprint density at radius 1 is 1.35 bits per heavy atom. The number of nitrogens with zero attached hydrogens (tertiary/aromatic N) is 2. The third-order valence-electron chi connectivity index (χ3n) is 4.11. The van der Waals surface area contributed by atoms with Gasteiger partial charge in [-0.25, -0.2) is 13.4 Å². The molecule has 0 unspecified atom stereocenters. The number of hydrogen-bond acceptors (Lipinski definition) is 4. The molecule has 148 valence electrons. The molecule has 1 aliphatic rings. The minimum absolute atomic E-state index is 0.0969. The van der Waals surface area contributed by atoms with Gasteiger partial charge in [0.2, 0.25) is 0 Å². The SMILES string of the molecule is CCNC(=NCc1ccsc1)NCC1CCN(S(=O)(=O)C(F)(F)F)CC1. The summed E-state index contributed by atoms with van der Waals surface area (Å²) in [7, 11) is -5.22. The normalized spacial score (nSPS) is 18.1. The summed E-state index contributed by atoms with van der Waals surface area (Å²) in [4.78, 5) is 4.47. The van der Waals surface area contributed by atoms with E-state index in [1.807, 2.05) is 23.8 Å². The van der Waals surface area contributed by atoms with E-state index >= 15 is 0 Å². The van der Waals surface area contributed by atoms with E-state index < -0.39 is 15.5 Å². The Balaban J connectivity index is 1.83. The Bertz CT molecular complexity index is 682. The van der Waals surface area contributed by atoms with Crippen LogP contribution in [0.2, 0.25) is 0 Å². The van der Waals surface area contributed by atoms with Crippen LogP contribution in [0.5, 0.6) is 0 Å². The minimum atomic E-state index is -5.23. The molecule has 1 aromatic rings. The van der Waals surface area contributed by atoms with Gasteiger partial charge in [0.05, 0.1) is 6.54 Å². The minimum Gasteiger partial charge on any atom is -0.357 e. The second-order valence-electron chi connectivity index (χ2n) is 6.00. The summed E-state index contributed by atoms with van der Waals surface area (Å²) in [6, 6.07) is 1.99. The lowest BCUT2D eigenvalue weighted by Gasteiger charge is -2.31. The van der Waals surface area contributed by atoms with Crippen LogP contribution < -0.4 is 10.6 Å². The van der Waals surface area contributed by atoms with Gasteiger partial charge in [0.1, 0.15) is 0 Å². The Kier molecular flexibility index (Phi) is 7.30. The molecule has 1 aliphatic heterocycles. The Morgan fingerprint density at radius 3 is 2.58 bits per heavy atom. The van der Waals surface area contributed by atoms with Crippen molar-refractivity contribution in [2.24, 2.45) is 10.9 Å². The average Bonchev–Trinajstić information content (AvgIpc) is 3.10. The first-order valence-electron chi connectivity index (χ1n) is 8.33. The highest BCUT2D eigenvalue weighted by molar-refractivity contribution is 7.90. The number of nitrogens with one attached hydrogen (secondary N) is 2. The lowest BCUT2D eigenvalue weighted by atomic mass is 9.98. The largest absolute Gasteiger partial charge is 0.511 e. The fourth-order valence-corrected chi connectivity index (χ4v) is 4.28. The van der Waals surface area contributed by atoms with Crippen molar-refractivity contribution in [3.8, 4) is 0 Å². The molecule has 26 heavy (non-hydrogen) atoms. The molecule has 0 saturated carbocycles. The zero-order chi connectivity index (χ0) is 19.2. The van der Waals surface area contributed by atoms with Crippen LogP contribution >= 0.6 is 11.3 Å². The molecule has 0 aliphatic carbocycles. The number of alkyl halides is 3. The van der Waals surface area contributed by atoms with E-state index in [0.29, 0.717) is 42.7 Å². The number of sulfonamides is 1. The fourth-order valence-electron chi connectivity index (χ4n) is 2.64. The van der Waals surface area contributed by atoms with Gasteiger partial charge in [-0.2, -0.15) is 28.8 Å². The van der Waals surface area contributed by atoms with Crippen LogP contribution in [0.25, 0.3) is 0 Å². The molecule has 2 heterocycles. The van der Waals surface area contributed by atoms with Crippen molar-refractivity contribution < 1.29 is 21.6 Å². The summed E-state index contributed by atoms with van der Waals surface area (Å²) in [6.45, 7) is 3.49. The molecule has 1 aromatic heterocycles. The number of hydrogen-bond donors (Lipinski definition) is 2. The highest BCUT2D eigenvalue weighted by Gasteiger charge is 2.50. The molecule has 0 atom stereocenters. The van der Waals surface area contributed by atoms with E-state index in [9.17, 15) is 21.6 Å². The van der Waals surface area contributed by atoms with Crippen LogP contribution in [0.3, 0.4) is 0 Å². The molecule has 0 radical (unpaired) electrons. The second kappa shape index (κ2) is 9.05. The van der Waals surface area contributed by atoms with E-state index in [0.717, 1.165) is 5.56 Å². The lowest BCUT2D eigenvalue weighted by Crippen LogP contribution is -2.47. The molecule has 0 amide bonds. The van der Waals surface area contributed by atoms with E-state index in [4.69, 9.17) is 0 Å². The van der Waals surface area contributed by atoms with Gasteiger partial charge in [-0.3, -0.25) is 0 Å². The zero-order valence-corrected chi connectivity index (χ0v) is 16.1. The molecule has 1 fully saturated rings. The van der Waals surface area contributed by atoms with E-state index in [2.05, 4.69) is 15.6 Å². The van der Waals surface area contributed by atoms with Crippen LogP contribution in [0.15, 0.2) is 21.8 Å². The van der Waals surface area contributed by atoms with E-state index in [1.165, 1.54) is 0 Å². The summed E-state index contributed by atoms with van der Waals surface area (Å²) >= 11 is 1.60. The molecule has 0 aromatic carbocycles. The summed E-state index contributed by atoms with van der Waals surface area (Å²) in [5, 5.41) is 10.3. The maximum atomic E-state index is 12.6. The van der Waals surface area contributed by atoms with Gasteiger partial charge in [-0.15, -0.1) is 0 Å². The summed E-state index contributed by atoms with van der Waals surface area (Å²) in [6.07, 6.45) is 0.762. The van der Waals surface area contributed by atoms with Gasteiger partial charge in [-0.05, 0) is 48.1 Å². The predicted octanol–water partition coefficient (Wildman–Crippen LogP) is 2.36. The van der Waals surface area contributed by atoms with Crippen LogP contribution in [-0.2, 0) is 16.6 Å². The average molecular weight is 413 g/mol. The second-order valence-corrected chi connectivity index (χ2v) is 8.71. The Labute approximate surface area is 155 Å². The van der Waals surface area contributed by atoms with Crippen molar-refractivity contribution in [1.82, 2.24) is 14.9 Å². The smallest absolute Gasteiger partial charge is 0.357 e. The van der Waals surface area contributed by atoms with Crippen LogP contribution in [0, 0.1) is 5.92 Å². The number of piperidine rings is 1. The van der Waals surface area contributed by atoms with Gasteiger partial charge < -0.3 is 10.6 Å². The number of halogens is 3. The predicted molar refractivity (Wildman–Crippen MR) is 96.4 cm³/mol. The van der Waals surface area contributed by atoms with Crippen LogP contribution in [0.4, 0.5) is 13.2 Å². The molecule has 1 saturated heterocycles. The van der Waals surface area contributed by atoms with Crippen molar-refractivity contribution in [1.29, 1.82) is 0 Å². The molecule has 6 nitrogen and oxygen atoms in total. The topological polar surface area (TPSA) is 73.8 Å². The van der Waals surface area contributed by atoms with Gasteiger partial charge in [0.25, 0.3) is 0 Å². The standard InChI is InChI=1S/C15H23F3N4O2S2/c1-2-19-14(21-10-13-5-8-25-11-13)20-9-12-3-6-22(7-4-12)26(23,24)15(16,17)18/h5,8,11-12H,2-4,6-7,9-10H2,1H3,(H2,19,20,21). The third kappa shape index (κ3) is 5.58. The lowest BCUT2D eigenvalue weighted by molar-refractivity contribution is -0.0496. The van der Waals surface area contributed by atoms with Crippen molar-refractivity contribution in [2.45, 2.75) is 31.8 Å². The quantitative estimate of drug-likeness (QED) is 0.556. The molecular formula is C15H23F3N4O2S2. The number of guanidine groups is 1. The van der Waals surface area contributed by atoms with Crippen molar-refractivity contribution in [3.05, 3.63) is 22.4 Å². The van der Waals surface area contributed by atoms with Crippen LogP contribution in [-0.4, -0.2) is 50.4 Å². The van der Waals surface area contributed by atoms with E-state index in [1.54, 1.807) is 11.3 Å². The van der Waals surface area contributed by atoms with Gasteiger partial charge in [0.15, 0.2) is 5.96 Å². The first-order valence-corrected chi connectivity index (χ1v) is 10.7. The third-order valence-corrected chi connectivity index (χ3v) is 6.47. The number of aliphatic imine (C=N–C) groups is 1. The first kappa shape index (κ1) is 21.0. The number of thiophene rings is 1. The molecular weight excluding hydrogens is 389 g/mol.